The zero-order valence-electron chi connectivity index (χ0n) is 11.4. The van der Waals surface area contributed by atoms with Crippen LogP contribution >= 0.6 is 0 Å². The molecule has 2 unspecified atom stereocenters. The fourth-order valence-corrected chi connectivity index (χ4v) is 2.70. The lowest BCUT2D eigenvalue weighted by Gasteiger charge is -2.15. The topological polar surface area (TPSA) is 47.0 Å². The molecule has 0 spiro atoms. The summed E-state index contributed by atoms with van der Waals surface area (Å²) in [6, 6.07) is 8.42. The molecule has 1 fully saturated rings. The van der Waals surface area contributed by atoms with Crippen LogP contribution in [0.2, 0.25) is 0 Å². The number of para-hydroxylation sites is 2. The fraction of sp³-hybridized carbons (Fsp3) is 0.467. The lowest BCUT2D eigenvalue weighted by molar-refractivity contribution is 0.108. The van der Waals surface area contributed by atoms with Gasteiger partial charge in [-0.15, -0.1) is 0 Å². The third-order valence-electron chi connectivity index (χ3n) is 3.80. The number of aromatic nitrogens is 2. The van der Waals surface area contributed by atoms with Gasteiger partial charge in [0, 0.05) is 13.2 Å². The molecule has 0 bridgehead atoms. The number of nitrogens with one attached hydrogen (secondary N) is 1. The molecule has 0 amide bonds. The summed E-state index contributed by atoms with van der Waals surface area (Å²) < 4.78 is 5.40. The van der Waals surface area contributed by atoms with Gasteiger partial charge in [-0.05, 0) is 38.3 Å². The van der Waals surface area contributed by atoms with Gasteiger partial charge in [-0.1, -0.05) is 12.1 Å². The fourth-order valence-electron chi connectivity index (χ4n) is 2.70. The van der Waals surface area contributed by atoms with E-state index in [1.807, 2.05) is 31.2 Å². The average Bonchev–Trinajstić information content (AvgIpc) is 2.87. The summed E-state index contributed by atoms with van der Waals surface area (Å²) in [6.45, 7) is 2.00. The number of hydrogen-bond acceptors (Lipinski definition) is 4. The molecule has 0 saturated heterocycles. The lowest BCUT2D eigenvalue weighted by Crippen LogP contribution is -2.19. The molecular weight excluding hydrogens is 238 g/mol. The molecule has 2 atom stereocenters. The summed E-state index contributed by atoms with van der Waals surface area (Å²) >= 11 is 0. The summed E-state index contributed by atoms with van der Waals surface area (Å²) in [7, 11) is 1.79. The van der Waals surface area contributed by atoms with E-state index in [9.17, 15) is 0 Å². The smallest absolute Gasteiger partial charge is 0.148 e. The van der Waals surface area contributed by atoms with Crippen molar-refractivity contribution in [2.75, 3.05) is 12.4 Å². The zero-order valence-corrected chi connectivity index (χ0v) is 11.4. The molecule has 4 nitrogen and oxygen atoms in total. The Labute approximate surface area is 113 Å². The van der Waals surface area contributed by atoms with E-state index in [4.69, 9.17) is 4.74 Å². The molecule has 3 rings (SSSR count). The summed E-state index contributed by atoms with van der Waals surface area (Å²) in [5.41, 5.74) is 2.85. The molecule has 1 heterocycles. The number of aryl methyl sites for hydroxylation is 1. The van der Waals surface area contributed by atoms with Gasteiger partial charge in [-0.3, -0.25) is 0 Å². The third-order valence-corrected chi connectivity index (χ3v) is 3.80. The Balaban J connectivity index is 1.83. The van der Waals surface area contributed by atoms with Gasteiger partial charge >= 0.3 is 0 Å². The first-order valence-corrected chi connectivity index (χ1v) is 6.79. The van der Waals surface area contributed by atoms with E-state index in [0.717, 1.165) is 41.8 Å². The highest BCUT2D eigenvalue weighted by atomic mass is 16.5. The minimum absolute atomic E-state index is 0.381. The van der Waals surface area contributed by atoms with Gasteiger partial charge in [0.1, 0.15) is 5.82 Å². The molecule has 0 aliphatic heterocycles. The van der Waals surface area contributed by atoms with Gasteiger partial charge in [0.15, 0.2) is 0 Å². The maximum absolute atomic E-state index is 5.40. The van der Waals surface area contributed by atoms with Crippen LogP contribution in [0.1, 0.15) is 25.0 Å². The van der Waals surface area contributed by atoms with Crippen LogP contribution < -0.4 is 5.32 Å². The zero-order chi connectivity index (χ0) is 13.2. The summed E-state index contributed by atoms with van der Waals surface area (Å²) in [5, 5.41) is 3.51. The number of hydrogen-bond donors (Lipinski definition) is 1. The quantitative estimate of drug-likeness (QED) is 0.918. The van der Waals surface area contributed by atoms with Crippen molar-refractivity contribution in [2.24, 2.45) is 0 Å². The first-order chi connectivity index (χ1) is 9.26. The van der Waals surface area contributed by atoms with Crippen LogP contribution in [0.25, 0.3) is 11.0 Å². The van der Waals surface area contributed by atoms with Gasteiger partial charge in [0.2, 0.25) is 0 Å². The van der Waals surface area contributed by atoms with E-state index in [1.165, 1.54) is 0 Å². The van der Waals surface area contributed by atoms with E-state index in [2.05, 4.69) is 15.3 Å². The minimum atomic E-state index is 0.381. The van der Waals surface area contributed by atoms with Crippen LogP contribution in [-0.2, 0) is 4.74 Å². The molecule has 100 valence electrons. The van der Waals surface area contributed by atoms with Crippen molar-refractivity contribution in [3.8, 4) is 0 Å². The normalized spacial score (nSPS) is 22.8. The van der Waals surface area contributed by atoms with Gasteiger partial charge in [-0.25, -0.2) is 9.97 Å². The van der Waals surface area contributed by atoms with E-state index in [1.54, 1.807) is 7.11 Å². The third kappa shape index (κ3) is 2.54. The van der Waals surface area contributed by atoms with E-state index in [-0.39, 0.29) is 0 Å². The highest BCUT2D eigenvalue weighted by Gasteiger charge is 2.25. The van der Waals surface area contributed by atoms with Gasteiger partial charge < -0.3 is 10.1 Å². The van der Waals surface area contributed by atoms with Crippen LogP contribution in [0.3, 0.4) is 0 Å². The number of nitrogens with zero attached hydrogens (tertiary/aromatic N) is 2. The largest absolute Gasteiger partial charge is 0.381 e. The van der Waals surface area contributed by atoms with Crippen molar-refractivity contribution >= 4 is 16.9 Å². The second-order valence-electron chi connectivity index (χ2n) is 5.16. The number of ether oxygens (including phenoxy) is 1. The molecule has 4 heteroatoms. The van der Waals surface area contributed by atoms with E-state index < -0.39 is 0 Å². The second-order valence-corrected chi connectivity index (χ2v) is 5.16. The number of rotatable bonds is 3. The van der Waals surface area contributed by atoms with Crippen molar-refractivity contribution in [3.05, 3.63) is 30.0 Å². The molecule has 1 aliphatic carbocycles. The molecule has 0 radical (unpaired) electrons. The number of fused-ring (bicyclic) bond motifs is 1. The summed E-state index contributed by atoms with van der Waals surface area (Å²) in [4.78, 5) is 9.28. The average molecular weight is 257 g/mol. The molecule has 2 aromatic rings. The lowest BCUT2D eigenvalue weighted by atomic mass is 10.2. The Kier molecular flexibility index (Phi) is 3.34. The van der Waals surface area contributed by atoms with Gasteiger partial charge in [0.25, 0.3) is 0 Å². The highest BCUT2D eigenvalue weighted by molar-refractivity contribution is 5.76. The number of methoxy groups -OCH3 is 1. The molecular formula is C15H19N3O. The van der Waals surface area contributed by atoms with Crippen molar-refractivity contribution in [2.45, 2.75) is 38.3 Å². The monoisotopic (exact) mass is 257 g/mol. The predicted octanol–water partition coefficient (Wildman–Crippen LogP) is 2.92. The molecule has 1 aromatic carbocycles. The van der Waals surface area contributed by atoms with Crippen molar-refractivity contribution in [3.63, 3.8) is 0 Å². The Bertz CT molecular complexity index is 585. The Morgan fingerprint density at radius 3 is 2.58 bits per heavy atom. The van der Waals surface area contributed by atoms with Gasteiger partial charge in [0.05, 0.1) is 22.8 Å². The minimum Gasteiger partial charge on any atom is -0.381 e. The van der Waals surface area contributed by atoms with Crippen LogP contribution in [0.4, 0.5) is 5.82 Å². The first kappa shape index (κ1) is 12.4. The van der Waals surface area contributed by atoms with E-state index >= 15 is 0 Å². The van der Waals surface area contributed by atoms with Crippen LogP contribution in [-0.4, -0.2) is 29.2 Å². The molecule has 1 aromatic heterocycles. The predicted molar refractivity (Wildman–Crippen MR) is 76.3 cm³/mol. The molecule has 1 N–H and O–H groups in total. The van der Waals surface area contributed by atoms with E-state index in [0.29, 0.717) is 12.1 Å². The Morgan fingerprint density at radius 2 is 1.89 bits per heavy atom. The number of benzene rings is 1. The van der Waals surface area contributed by atoms with Crippen LogP contribution in [0.5, 0.6) is 0 Å². The van der Waals surface area contributed by atoms with Crippen molar-refractivity contribution < 1.29 is 4.74 Å². The SMILES string of the molecule is COC1CCC(Nc2nc3ccccc3nc2C)C1. The number of anilines is 1. The van der Waals surface area contributed by atoms with Crippen molar-refractivity contribution in [1.82, 2.24) is 9.97 Å². The summed E-state index contributed by atoms with van der Waals surface area (Å²) in [6.07, 6.45) is 3.68. The highest BCUT2D eigenvalue weighted by Crippen LogP contribution is 2.25. The maximum Gasteiger partial charge on any atom is 0.148 e. The molecule has 19 heavy (non-hydrogen) atoms. The second kappa shape index (κ2) is 5.13. The van der Waals surface area contributed by atoms with Crippen molar-refractivity contribution in [1.29, 1.82) is 0 Å². The molecule has 1 saturated carbocycles. The molecule has 1 aliphatic rings. The Hall–Kier alpha value is -1.68. The first-order valence-electron chi connectivity index (χ1n) is 6.79. The van der Waals surface area contributed by atoms with Crippen LogP contribution in [0.15, 0.2) is 24.3 Å². The Morgan fingerprint density at radius 1 is 1.16 bits per heavy atom. The maximum atomic E-state index is 5.40. The van der Waals surface area contributed by atoms with Crippen LogP contribution in [0, 0.1) is 6.92 Å². The van der Waals surface area contributed by atoms with Gasteiger partial charge in [-0.2, -0.15) is 0 Å². The standard InChI is InChI=1S/C15H19N3O/c1-10-15(17-11-7-8-12(9-11)19-2)18-14-6-4-3-5-13(14)16-10/h3-6,11-12H,7-9H2,1-2H3,(H,17,18). The summed E-state index contributed by atoms with van der Waals surface area (Å²) in [5.74, 6) is 0.903.